The summed E-state index contributed by atoms with van der Waals surface area (Å²) in [6, 6.07) is 0. The lowest BCUT2D eigenvalue weighted by Crippen LogP contribution is -2.12. The largest absolute Gasteiger partial charge is 0.280 e. The summed E-state index contributed by atoms with van der Waals surface area (Å²) in [7, 11) is 3.31. The number of nitrogens with zero attached hydrogens (tertiary/aromatic N) is 4. The lowest BCUT2D eigenvalue weighted by molar-refractivity contribution is -0.117. The molecule has 5 nitrogen and oxygen atoms in total. The Morgan fingerprint density at radius 1 is 1.40 bits per heavy atom. The molecular formula is C5H12N4O. The molecule has 10 heavy (non-hydrogen) atoms. The zero-order valence-corrected chi connectivity index (χ0v) is 6.48. The number of carbonyl (C=O) groups is 1. The van der Waals surface area contributed by atoms with Gasteiger partial charge in [-0.3, -0.25) is 9.80 Å². The topological polar surface area (TPSA) is 48.3 Å². The fourth-order valence-corrected chi connectivity index (χ4v) is 0.216. The van der Waals surface area contributed by atoms with Crippen LogP contribution in [0.25, 0.3) is 0 Å². The Morgan fingerprint density at radius 2 is 2.00 bits per heavy atom. The lowest BCUT2D eigenvalue weighted by Gasteiger charge is -2.07. The lowest BCUT2D eigenvalue weighted by atomic mass is 10.8. The van der Waals surface area contributed by atoms with Crippen LogP contribution >= 0.6 is 0 Å². The third kappa shape index (κ3) is 3.82. The molecule has 0 rings (SSSR count). The van der Waals surface area contributed by atoms with Crippen molar-refractivity contribution in [2.45, 2.75) is 6.92 Å². The normalized spacial score (nSPS) is 9.90. The molecule has 0 aliphatic heterocycles. The summed E-state index contributed by atoms with van der Waals surface area (Å²) in [6.07, 6.45) is 0.590. The van der Waals surface area contributed by atoms with Crippen molar-refractivity contribution >= 4 is 6.41 Å². The molecule has 0 spiro atoms. The summed E-state index contributed by atoms with van der Waals surface area (Å²) in [5, 5.41) is 9.92. The molecule has 0 atom stereocenters. The van der Waals surface area contributed by atoms with Crippen molar-refractivity contribution in [2.75, 3.05) is 20.6 Å². The van der Waals surface area contributed by atoms with E-state index in [0.717, 1.165) is 11.6 Å². The van der Waals surface area contributed by atoms with Gasteiger partial charge in [0.2, 0.25) is 6.41 Å². The summed E-state index contributed by atoms with van der Waals surface area (Å²) in [6.45, 7) is 2.72. The van der Waals surface area contributed by atoms with E-state index in [1.807, 2.05) is 6.92 Å². The standard InChI is InChI=1S/C5H12N4O/c1-4-8(2)6-7-9(3)5-10/h5H,4H2,1-3H3/b7-6-. The Bertz CT molecular complexity index is 125. The first-order valence-electron chi connectivity index (χ1n) is 3.01. The molecule has 0 aliphatic carbocycles. The molecule has 0 aromatic heterocycles. The average molecular weight is 144 g/mol. The molecular weight excluding hydrogens is 132 g/mol. The molecule has 0 aliphatic rings. The minimum Gasteiger partial charge on any atom is -0.280 e. The molecule has 0 bridgehead atoms. The molecule has 5 heteroatoms. The summed E-state index contributed by atoms with van der Waals surface area (Å²) in [5.74, 6) is 0. The van der Waals surface area contributed by atoms with Gasteiger partial charge in [-0.15, -0.1) is 0 Å². The van der Waals surface area contributed by atoms with Crippen molar-refractivity contribution in [1.29, 1.82) is 0 Å². The molecule has 0 radical (unpaired) electrons. The van der Waals surface area contributed by atoms with E-state index < -0.39 is 0 Å². The van der Waals surface area contributed by atoms with Crippen LogP contribution in [0.15, 0.2) is 10.4 Å². The number of rotatable bonds is 4. The Hall–Kier alpha value is -1.13. The van der Waals surface area contributed by atoms with Crippen LogP contribution in [-0.2, 0) is 4.79 Å². The van der Waals surface area contributed by atoms with Crippen molar-refractivity contribution in [2.24, 2.45) is 10.4 Å². The molecule has 0 aromatic carbocycles. The van der Waals surface area contributed by atoms with Crippen LogP contribution in [0.2, 0.25) is 0 Å². The maximum atomic E-state index is 9.96. The van der Waals surface area contributed by atoms with Crippen LogP contribution < -0.4 is 0 Å². The van der Waals surface area contributed by atoms with Crippen molar-refractivity contribution in [3.05, 3.63) is 0 Å². The van der Waals surface area contributed by atoms with Gasteiger partial charge in [0.25, 0.3) is 0 Å². The molecule has 58 valence electrons. The first-order chi connectivity index (χ1) is 4.70. The van der Waals surface area contributed by atoms with Crippen molar-refractivity contribution in [3.63, 3.8) is 0 Å². The first kappa shape index (κ1) is 8.87. The Kier molecular flexibility index (Phi) is 4.19. The van der Waals surface area contributed by atoms with E-state index in [-0.39, 0.29) is 0 Å². The van der Waals surface area contributed by atoms with Crippen LogP contribution in [0.4, 0.5) is 0 Å². The molecule has 0 aromatic rings. The van der Waals surface area contributed by atoms with Crippen LogP contribution in [0.1, 0.15) is 6.92 Å². The zero-order chi connectivity index (χ0) is 7.98. The van der Waals surface area contributed by atoms with E-state index in [1.165, 1.54) is 7.05 Å². The van der Waals surface area contributed by atoms with Crippen LogP contribution in [0, 0.1) is 0 Å². The van der Waals surface area contributed by atoms with E-state index in [2.05, 4.69) is 10.4 Å². The highest BCUT2D eigenvalue weighted by Crippen LogP contribution is 1.85. The van der Waals surface area contributed by atoms with E-state index in [0.29, 0.717) is 6.41 Å². The predicted octanol–water partition coefficient (Wildman–Crippen LogP) is 0.308. The van der Waals surface area contributed by atoms with Crippen molar-refractivity contribution in [1.82, 2.24) is 10.0 Å². The second-order valence-electron chi connectivity index (χ2n) is 1.83. The predicted molar refractivity (Wildman–Crippen MR) is 37.0 cm³/mol. The van der Waals surface area contributed by atoms with Gasteiger partial charge in [-0.25, -0.2) is 5.01 Å². The van der Waals surface area contributed by atoms with E-state index in [4.69, 9.17) is 0 Å². The molecule has 0 saturated carbocycles. The molecule has 1 amide bonds. The van der Waals surface area contributed by atoms with E-state index in [9.17, 15) is 4.79 Å². The second kappa shape index (κ2) is 4.72. The van der Waals surface area contributed by atoms with Gasteiger partial charge in [0.1, 0.15) is 0 Å². The first-order valence-corrected chi connectivity index (χ1v) is 3.01. The maximum Gasteiger partial charge on any atom is 0.231 e. The summed E-state index contributed by atoms with van der Waals surface area (Å²) < 4.78 is 0. The molecule has 0 saturated heterocycles. The van der Waals surface area contributed by atoms with Gasteiger partial charge in [-0.1, -0.05) is 5.22 Å². The van der Waals surface area contributed by atoms with Crippen LogP contribution in [0.5, 0.6) is 0 Å². The van der Waals surface area contributed by atoms with Crippen molar-refractivity contribution in [3.8, 4) is 0 Å². The van der Waals surface area contributed by atoms with Gasteiger partial charge < -0.3 is 0 Å². The Labute approximate surface area is 60.3 Å². The summed E-state index contributed by atoms with van der Waals surface area (Å²) in [5.41, 5.74) is 0. The average Bonchev–Trinajstić information content (AvgIpc) is 1.99. The fraction of sp³-hybridized carbons (Fsp3) is 0.800. The van der Waals surface area contributed by atoms with Gasteiger partial charge >= 0.3 is 0 Å². The molecule has 0 heterocycles. The monoisotopic (exact) mass is 144 g/mol. The number of carbonyl (C=O) groups excluding carboxylic acids is 1. The smallest absolute Gasteiger partial charge is 0.231 e. The highest BCUT2D eigenvalue weighted by atomic mass is 16.1. The number of hydrogen-bond acceptors (Lipinski definition) is 3. The van der Waals surface area contributed by atoms with Crippen LogP contribution in [-0.4, -0.2) is 37.1 Å². The molecule has 0 fully saturated rings. The van der Waals surface area contributed by atoms with Gasteiger partial charge in [0.15, 0.2) is 0 Å². The van der Waals surface area contributed by atoms with Gasteiger partial charge in [0.05, 0.1) is 0 Å². The van der Waals surface area contributed by atoms with Gasteiger partial charge in [-0.05, 0) is 12.1 Å². The van der Waals surface area contributed by atoms with Gasteiger partial charge in [-0.2, -0.15) is 0 Å². The summed E-state index contributed by atoms with van der Waals surface area (Å²) in [4.78, 5) is 9.96. The zero-order valence-electron chi connectivity index (χ0n) is 6.48. The van der Waals surface area contributed by atoms with Crippen molar-refractivity contribution < 1.29 is 4.79 Å². The highest BCUT2D eigenvalue weighted by molar-refractivity contribution is 5.45. The molecule has 0 N–H and O–H groups in total. The van der Waals surface area contributed by atoms with E-state index in [1.54, 1.807) is 12.1 Å². The van der Waals surface area contributed by atoms with Gasteiger partial charge in [0, 0.05) is 20.6 Å². The fourth-order valence-electron chi connectivity index (χ4n) is 0.216. The number of amides is 1. The third-order valence-electron chi connectivity index (χ3n) is 0.944. The number of hydrogen-bond donors (Lipinski definition) is 0. The SMILES string of the molecule is CCN(C)/N=N\N(C)C=O. The second-order valence-corrected chi connectivity index (χ2v) is 1.83. The highest BCUT2D eigenvalue weighted by Gasteiger charge is 1.87. The van der Waals surface area contributed by atoms with E-state index >= 15 is 0 Å². The summed E-state index contributed by atoms with van der Waals surface area (Å²) >= 11 is 0. The maximum absolute atomic E-state index is 9.96. The third-order valence-corrected chi connectivity index (χ3v) is 0.944. The quantitative estimate of drug-likeness (QED) is 0.324. The minimum atomic E-state index is 0.590. The Balaban J connectivity index is 3.62. The minimum absolute atomic E-state index is 0.590. The molecule has 0 unspecified atom stereocenters. The van der Waals surface area contributed by atoms with Crippen LogP contribution in [0.3, 0.4) is 0 Å². The Morgan fingerprint density at radius 3 is 2.40 bits per heavy atom.